The van der Waals surface area contributed by atoms with Gasteiger partial charge in [0, 0.05) is 17.0 Å². The zero-order chi connectivity index (χ0) is 22.4. The lowest BCUT2D eigenvalue weighted by molar-refractivity contribution is -0.144. The van der Waals surface area contributed by atoms with Crippen LogP contribution in [0.4, 0.5) is 18.9 Å². The summed E-state index contributed by atoms with van der Waals surface area (Å²) in [6.07, 6.45) is -4.85. The van der Waals surface area contributed by atoms with Crippen LogP contribution in [0.25, 0.3) is 5.78 Å². The molecule has 0 saturated carbocycles. The van der Waals surface area contributed by atoms with Gasteiger partial charge in [0.15, 0.2) is 0 Å². The highest BCUT2D eigenvalue weighted by Gasteiger charge is 2.37. The maximum absolute atomic E-state index is 12.9. The fraction of sp³-hybridized carbons (Fsp3) is 0.400. The number of aryl methyl sites for hydroxylation is 2. The summed E-state index contributed by atoms with van der Waals surface area (Å²) in [6, 6.07) is 4.98. The van der Waals surface area contributed by atoms with Crippen LogP contribution in [0.15, 0.2) is 18.2 Å². The van der Waals surface area contributed by atoms with Crippen molar-refractivity contribution in [3.05, 3.63) is 46.5 Å². The third-order valence-corrected chi connectivity index (χ3v) is 4.78. The lowest BCUT2D eigenvalue weighted by atomic mass is 9.87. The van der Waals surface area contributed by atoms with Gasteiger partial charge in [0.2, 0.25) is 5.91 Å². The van der Waals surface area contributed by atoms with Crippen LogP contribution in [0.2, 0.25) is 0 Å². The molecule has 1 amide bonds. The number of phenolic OH excluding ortho intramolecular Hbond substituents is 1. The topological polar surface area (TPSA) is 92.4 Å². The first-order valence-electron chi connectivity index (χ1n) is 9.21. The molecule has 0 bridgehead atoms. The van der Waals surface area contributed by atoms with Crippen LogP contribution in [0, 0.1) is 13.8 Å². The quantitative estimate of drug-likeness (QED) is 0.625. The summed E-state index contributed by atoms with van der Waals surface area (Å²) in [4.78, 5) is 20.1. The first-order chi connectivity index (χ1) is 13.8. The van der Waals surface area contributed by atoms with Gasteiger partial charge in [-0.3, -0.25) is 4.79 Å². The molecule has 0 atom stereocenters. The highest BCUT2D eigenvalue weighted by Crippen LogP contribution is 2.31. The number of fused-ring (bicyclic) bond motifs is 1. The molecule has 1 aromatic carbocycles. The van der Waals surface area contributed by atoms with E-state index < -0.39 is 17.9 Å². The molecule has 2 heterocycles. The Morgan fingerprint density at radius 2 is 1.83 bits per heavy atom. The van der Waals surface area contributed by atoms with Crippen molar-refractivity contribution in [2.45, 2.75) is 52.6 Å². The van der Waals surface area contributed by atoms with Gasteiger partial charge in [-0.15, -0.1) is 5.10 Å². The Morgan fingerprint density at radius 1 is 1.17 bits per heavy atom. The number of hydrogen-bond acceptors (Lipinski definition) is 5. The number of alkyl halides is 3. The van der Waals surface area contributed by atoms with Gasteiger partial charge in [-0.05, 0) is 37.0 Å². The smallest absolute Gasteiger partial charge is 0.453 e. The number of carbonyl (C=O) groups is 1. The Hall–Kier alpha value is -3.17. The second kappa shape index (κ2) is 7.26. The number of anilines is 1. The van der Waals surface area contributed by atoms with Crippen LogP contribution >= 0.6 is 0 Å². The second-order valence-corrected chi connectivity index (χ2v) is 8.11. The van der Waals surface area contributed by atoms with E-state index in [1.807, 2.05) is 20.8 Å². The summed E-state index contributed by atoms with van der Waals surface area (Å²) in [6.45, 7) is 9.16. The molecule has 0 spiro atoms. The molecule has 0 aliphatic carbocycles. The fourth-order valence-electron chi connectivity index (χ4n) is 3.04. The molecule has 10 heteroatoms. The summed E-state index contributed by atoms with van der Waals surface area (Å²) in [5.41, 5.74) is 2.15. The molecule has 0 saturated heterocycles. The maximum Gasteiger partial charge on any atom is 0.453 e. The summed E-state index contributed by atoms with van der Waals surface area (Å²) in [5.74, 6) is -2.00. The first kappa shape index (κ1) is 21.5. The average molecular weight is 421 g/mol. The zero-order valence-corrected chi connectivity index (χ0v) is 17.2. The first-order valence-corrected chi connectivity index (χ1v) is 9.21. The summed E-state index contributed by atoms with van der Waals surface area (Å²) in [5, 5.41) is 16.2. The predicted molar refractivity (Wildman–Crippen MR) is 104 cm³/mol. The number of carbonyl (C=O) groups excluding carboxylic acids is 1. The highest BCUT2D eigenvalue weighted by molar-refractivity contribution is 5.94. The predicted octanol–water partition coefficient (Wildman–Crippen LogP) is 3.94. The Labute approximate surface area is 171 Å². The van der Waals surface area contributed by atoms with E-state index in [1.165, 1.54) is 6.07 Å². The lowest BCUT2D eigenvalue weighted by Crippen LogP contribution is -2.19. The Bertz CT molecular complexity index is 1130. The van der Waals surface area contributed by atoms with E-state index in [-0.39, 0.29) is 29.1 Å². The summed E-state index contributed by atoms with van der Waals surface area (Å²) >= 11 is 0. The molecule has 2 N–H and O–H groups in total. The molecule has 3 aromatic rings. The van der Waals surface area contributed by atoms with Gasteiger partial charge in [-0.1, -0.05) is 26.8 Å². The number of benzene rings is 1. The van der Waals surface area contributed by atoms with E-state index >= 15 is 0 Å². The van der Waals surface area contributed by atoms with E-state index in [9.17, 15) is 23.1 Å². The molecular weight excluding hydrogens is 399 g/mol. The molecule has 0 radical (unpaired) electrons. The molecule has 0 aliphatic heterocycles. The summed E-state index contributed by atoms with van der Waals surface area (Å²) in [7, 11) is 0. The molecule has 0 aliphatic rings. The van der Waals surface area contributed by atoms with Gasteiger partial charge in [-0.25, -0.2) is 9.50 Å². The fourth-order valence-corrected chi connectivity index (χ4v) is 3.04. The van der Waals surface area contributed by atoms with Crippen molar-refractivity contribution in [2.75, 3.05) is 5.32 Å². The number of rotatable bonds is 3. The van der Waals surface area contributed by atoms with Gasteiger partial charge in [0.05, 0.1) is 12.1 Å². The van der Waals surface area contributed by atoms with Gasteiger partial charge < -0.3 is 10.4 Å². The maximum atomic E-state index is 12.9. The third-order valence-electron chi connectivity index (χ3n) is 4.78. The minimum atomic E-state index is -4.69. The molecule has 0 unspecified atom stereocenters. The molecule has 0 fully saturated rings. The van der Waals surface area contributed by atoms with E-state index in [0.717, 1.165) is 10.1 Å². The molecule has 3 rings (SSSR count). The van der Waals surface area contributed by atoms with Gasteiger partial charge in [-0.2, -0.15) is 18.2 Å². The SMILES string of the molecule is Cc1nc2nc(C(F)(F)F)nn2c(C)c1CC(=O)Nc1cc(C(C)(C)C)ccc1O. The van der Waals surface area contributed by atoms with Crippen molar-refractivity contribution in [2.24, 2.45) is 0 Å². The van der Waals surface area contributed by atoms with Crippen LogP contribution < -0.4 is 5.32 Å². The number of nitrogens with one attached hydrogen (secondary N) is 1. The Balaban J connectivity index is 1.90. The normalized spacial score (nSPS) is 12.4. The molecular formula is C20H22F3N5O2. The number of phenols is 1. The van der Waals surface area contributed by atoms with Crippen LogP contribution in [-0.4, -0.2) is 30.6 Å². The van der Waals surface area contributed by atoms with Crippen molar-refractivity contribution in [1.29, 1.82) is 0 Å². The average Bonchev–Trinajstić information content (AvgIpc) is 3.04. The van der Waals surface area contributed by atoms with Gasteiger partial charge >= 0.3 is 6.18 Å². The van der Waals surface area contributed by atoms with Crippen molar-refractivity contribution in [3.8, 4) is 5.75 Å². The highest BCUT2D eigenvalue weighted by atomic mass is 19.4. The van der Waals surface area contributed by atoms with Crippen molar-refractivity contribution in [3.63, 3.8) is 0 Å². The Morgan fingerprint density at radius 3 is 2.43 bits per heavy atom. The zero-order valence-electron chi connectivity index (χ0n) is 17.2. The van der Waals surface area contributed by atoms with Crippen molar-refractivity contribution in [1.82, 2.24) is 19.6 Å². The van der Waals surface area contributed by atoms with E-state index in [4.69, 9.17) is 0 Å². The van der Waals surface area contributed by atoms with Crippen molar-refractivity contribution < 1.29 is 23.1 Å². The van der Waals surface area contributed by atoms with Crippen LogP contribution in [0.1, 0.15) is 49.1 Å². The van der Waals surface area contributed by atoms with E-state index in [1.54, 1.807) is 26.0 Å². The number of aromatic nitrogens is 4. The number of aromatic hydroxyl groups is 1. The van der Waals surface area contributed by atoms with Crippen LogP contribution in [-0.2, 0) is 22.8 Å². The minimum absolute atomic E-state index is 0.0792. The number of hydrogen-bond donors (Lipinski definition) is 2. The third kappa shape index (κ3) is 4.22. The standard InChI is InChI=1S/C20H22F3N5O2/c1-10-13(11(2)28-18(24-10)26-17(27-28)20(21,22)23)9-16(30)25-14-8-12(19(3,4)5)6-7-15(14)29/h6-8,29H,9H2,1-5H3,(H,25,30). The number of halogens is 3. The van der Waals surface area contributed by atoms with Crippen LogP contribution in [0.3, 0.4) is 0 Å². The molecule has 7 nitrogen and oxygen atoms in total. The van der Waals surface area contributed by atoms with E-state index in [0.29, 0.717) is 17.0 Å². The molecule has 30 heavy (non-hydrogen) atoms. The van der Waals surface area contributed by atoms with Gasteiger partial charge in [0.25, 0.3) is 11.6 Å². The molecule has 2 aromatic heterocycles. The monoisotopic (exact) mass is 421 g/mol. The van der Waals surface area contributed by atoms with Gasteiger partial charge in [0.1, 0.15) is 5.75 Å². The Kier molecular flexibility index (Phi) is 5.21. The van der Waals surface area contributed by atoms with E-state index in [2.05, 4.69) is 20.4 Å². The second-order valence-electron chi connectivity index (χ2n) is 8.11. The lowest BCUT2D eigenvalue weighted by Gasteiger charge is -2.20. The largest absolute Gasteiger partial charge is 0.506 e. The van der Waals surface area contributed by atoms with Crippen LogP contribution in [0.5, 0.6) is 5.75 Å². The number of nitrogens with zero attached hydrogens (tertiary/aromatic N) is 4. The minimum Gasteiger partial charge on any atom is -0.506 e. The summed E-state index contributed by atoms with van der Waals surface area (Å²) < 4.78 is 39.7. The molecule has 160 valence electrons. The van der Waals surface area contributed by atoms with Crippen molar-refractivity contribution >= 4 is 17.4 Å². The number of amides is 1.